The molecule has 1 saturated heterocycles. The fourth-order valence-electron chi connectivity index (χ4n) is 3.09. The van der Waals surface area contributed by atoms with Crippen molar-refractivity contribution < 1.29 is 22.7 Å². The van der Waals surface area contributed by atoms with Gasteiger partial charge in [-0.15, -0.1) is 0 Å². The Morgan fingerprint density at radius 1 is 1.26 bits per heavy atom. The summed E-state index contributed by atoms with van der Waals surface area (Å²) in [5.74, 6) is 0.0844. The highest BCUT2D eigenvalue weighted by atomic mass is 32.2. The topological polar surface area (TPSA) is 105 Å². The molecule has 9 heteroatoms. The SMILES string of the molecule is COC(=O)CNC(=O)N1CCC(CC2CC2)(NS(C)(=O)=O)CC1. The summed E-state index contributed by atoms with van der Waals surface area (Å²) in [6, 6.07) is -0.324. The molecular formula is C14H25N3O5S. The van der Waals surface area contributed by atoms with Gasteiger partial charge in [0.25, 0.3) is 0 Å². The molecule has 2 N–H and O–H groups in total. The molecule has 0 aromatic heterocycles. The van der Waals surface area contributed by atoms with Gasteiger partial charge in [0.1, 0.15) is 6.54 Å². The summed E-state index contributed by atoms with van der Waals surface area (Å²) in [6.07, 6.45) is 5.48. The lowest BCUT2D eigenvalue weighted by Gasteiger charge is -2.42. The molecule has 1 saturated carbocycles. The lowest BCUT2D eigenvalue weighted by molar-refractivity contribution is -0.139. The molecule has 1 heterocycles. The first kappa shape index (κ1) is 18.0. The van der Waals surface area contributed by atoms with Crippen molar-refractivity contribution in [3.63, 3.8) is 0 Å². The number of ether oxygens (including phenoxy) is 1. The van der Waals surface area contributed by atoms with Crippen LogP contribution < -0.4 is 10.0 Å². The van der Waals surface area contributed by atoms with E-state index in [1.807, 2.05) is 0 Å². The van der Waals surface area contributed by atoms with Crippen LogP contribution in [0.25, 0.3) is 0 Å². The second kappa shape index (κ2) is 7.04. The van der Waals surface area contributed by atoms with Gasteiger partial charge in [-0.05, 0) is 25.2 Å². The summed E-state index contributed by atoms with van der Waals surface area (Å²) < 4.78 is 30.6. The summed E-state index contributed by atoms with van der Waals surface area (Å²) in [7, 11) is -2.03. The summed E-state index contributed by atoms with van der Waals surface area (Å²) in [5.41, 5.74) is -0.451. The van der Waals surface area contributed by atoms with Gasteiger partial charge in [-0.3, -0.25) is 4.79 Å². The number of hydrogen-bond donors (Lipinski definition) is 2. The number of carbonyl (C=O) groups excluding carboxylic acids is 2. The van der Waals surface area contributed by atoms with Crippen LogP contribution in [0.4, 0.5) is 4.79 Å². The molecule has 2 aliphatic rings. The smallest absolute Gasteiger partial charge is 0.325 e. The molecule has 2 amide bonds. The predicted octanol–water partition coefficient (Wildman–Crippen LogP) is 0.0529. The predicted molar refractivity (Wildman–Crippen MR) is 84.3 cm³/mol. The summed E-state index contributed by atoms with van der Waals surface area (Å²) in [6.45, 7) is 0.755. The molecule has 1 aliphatic heterocycles. The number of hydrogen-bond acceptors (Lipinski definition) is 5. The molecule has 0 atom stereocenters. The van der Waals surface area contributed by atoms with Gasteiger partial charge >= 0.3 is 12.0 Å². The highest BCUT2D eigenvalue weighted by Crippen LogP contribution is 2.40. The molecule has 2 fully saturated rings. The number of methoxy groups -OCH3 is 1. The van der Waals surface area contributed by atoms with Crippen LogP contribution in [-0.4, -0.2) is 63.9 Å². The molecule has 0 bridgehead atoms. The third-order valence-corrected chi connectivity index (χ3v) is 5.20. The molecule has 0 spiro atoms. The van der Waals surface area contributed by atoms with Crippen LogP contribution in [-0.2, 0) is 19.6 Å². The lowest BCUT2D eigenvalue weighted by Crippen LogP contribution is -2.57. The Bertz CT molecular complexity index is 551. The zero-order valence-corrected chi connectivity index (χ0v) is 14.4. The van der Waals surface area contributed by atoms with Crippen LogP contribution in [0.2, 0.25) is 0 Å². The van der Waals surface area contributed by atoms with E-state index >= 15 is 0 Å². The van der Waals surface area contributed by atoms with Gasteiger partial charge in [-0.1, -0.05) is 12.8 Å². The largest absolute Gasteiger partial charge is 0.468 e. The molecule has 0 unspecified atom stereocenters. The Hall–Kier alpha value is -1.35. The highest BCUT2D eigenvalue weighted by molar-refractivity contribution is 7.88. The molecule has 23 heavy (non-hydrogen) atoms. The van der Waals surface area contributed by atoms with Crippen LogP contribution in [0.5, 0.6) is 0 Å². The molecular weight excluding hydrogens is 322 g/mol. The number of rotatable bonds is 6. The second-order valence-corrected chi connectivity index (χ2v) is 8.27. The molecule has 8 nitrogen and oxygen atoms in total. The first-order chi connectivity index (χ1) is 10.7. The number of nitrogens with zero attached hydrogens (tertiary/aromatic N) is 1. The van der Waals surface area contributed by atoms with E-state index in [0.717, 1.165) is 19.3 Å². The standard InChI is InChI=1S/C14H25N3O5S/c1-22-12(18)10-15-13(19)17-7-5-14(6-8-17,9-11-3-4-11)16-23(2,20)21/h11,16H,3-10H2,1-2H3,(H,15,19). The summed E-state index contributed by atoms with van der Waals surface area (Å²) in [4.78, 5) is 24.7. The van der Waals surface area contributed by atoms with Crippen LogP contribution in [0, 0.1) is 5.92 Å². The van der Waals surface area contributed by atoms with Crippen molar-refractivity contribution in [2.24, 2.45) is 5.92 Å². The zero-order valence-electron chi connectivity index (χ0n) is 13.6. The van der Waals surface area contributed by atoms with E-state index in [1.165, 1.54) is 13.4 Å². The molecule has 0 aromatic carbocycles. The zero-order chi connectivity index (χ0) is 17.1. The Labute approximate surface area is 137 Å². The van der Waals surface area contributed by atoms with Gasteiger partial charge in [-0.2, -0.15) is 0 Å². The molecule has 1 aliphatic carbocycles. The number of piperidine rings is 1. The minimum Gasteiger partial charge on any atom is -0.468 e. The number of likely N-dealkylation sites (tertiary alicyclic amines) is 1. The van der Waals surface area contributed by atoms with Crippen molar-refractivity contribution in [3.8, 4) is 0 Å². The second-order valence-electron chi connectivity index (χ2n) is 6.52. The number of nitrogens with one attached hydrogen (secondary N) is 2. The van der Waals surface area contributed by atoms with Crippen LogP contribution >= 0.6 is 0 Å². The van der Waals surface area contributed by atoms with Crippen molar-refractivity contribution in [2.45, 2.75) is 37.6 Å². The van der Waals surface area contributed by atoms with E-state index in [0.29, 0.717) is 31.8 Å². The summed E-state index contributed by atoms with van der Waals surface area (Å²) in [5, 5.41) is 2.51. The fraction of sp³-hybridized carbons (Fsp3) is 0.857. The first-order valence-electron chi connectivity index (χ1n) is 7.81. The number of esters is 1. The van der Waals surface area contributed by atoms with E-state index in [9.17, 15) is 18.0 Å². The Morgan fingerprint density at radius 3 is 2.35 bits per heavy atom. The lowest BCUT2D eigenvalue weighted by atomic mass is 9.84. The maximum Gasteiger partial charge on any atom is 0.325 e. The van der Waals surface area contributed by atoms with Gasteiger partial charge in [-0.25, -0.2) is 17.9 Å². The van der Waals surface area contributed by atoms with Crippen LogP contribution in [0.3, 0.4) is 0 Å². The molecule has 0 radical (unpaired) electrons. The Balaban J connectivity index is 1.90. The van der Waals surface area contributed by atoms with Crippen LogP contribution in [0.15, 0.2) is 0 Å². The van der Waals surface area contributed by atoms with Crippen molar-refractivity contribution in [3.05, 3.63) is 0 Å². The minimum atomic E-state index is -3.29. The Morgan fingerprint density at radius 2 is 1.87 bits per heavy atom. The fourth-order valence-corrected chi connectivity index (χ4v) is 4.16. The van der Waals surface area contributed by atoms with Crippen molar-refractivity contribution >= 4 is 22.0 Å². The number of urea groups is 1. The molecule has 132 valence electrons. The maximum atomic E-state index is 12.0. The van der Waals surface area contributed by atoms with Gasteiger partial charge in [0, 0.05) is 18.6 Å². The maximum absolute atomic E-state index is 12.0. The van der Waals surface area contributed by atoms with Gasteiger partial charge in [0.05, 0.1) is 13.4 Å². The van der Waals surface area contributed by atoms with Crippen LogP contribution in [0.1, 0.15) is 32.1 Å². The first-order valence-corrected chi connectivity index (χ1v) is 9.71. The van der Waals surface area contributed by atoms with E-state index in [2.05, 4.69) is 14.8 Å². The van der Waals surface area contributed by atoms with E-state index in [-0.39, 0.29) is 12.6 Å². The third-order valence-electron chi connectivity index (χ3n) is 4.40. The molecule has 0 aromatic rings. The van der Waals surface area contributed by atoms with E-state index < -0.39 is 21.5 Å². The van der Waals surface area contributed by atoms with Crippen molar-refractivity contribution in [1.29, 1.82) is 0 Å². The van der Waals surface area contributed by atoms with Gasteiger partial charge in [0.15, 0.2) is 0 Å². The third kappa shape index (κ3) is 5.65. The normalized spacial score (nSPS) is 20.9. The number of carbonyl (C=O) groups is 2. The quantitative estimate of drug-likeness (QED) is 0.661. The van der Waals surface area contributed by atoms with Crippen molar-refractivity contribution in [2.75, 3.05) is 33.0 Å². The van der Waals surface area contributed by atoms with Crippen molar-refractivity contribution in [1.82, 2.24) is 14.9 Å². The number of sulfonamides is 1. The Kier molecular flexibility index (Phi) is 5.51. The van der Waals surface area contributed by atoms with Gasteiger partial charge < -0.3 is 15.0 Å². The molecule has 2 rings (SSSR count). The average molecular weight is 347 g/mol. The van der Waals surface area contributed by atoms with E-state index in [4.69, 9.17) is 0 Å². The monoisotopic (exact) mass is 347 g/mol. The highest BCUT2D eigenvalue weighted by Gasteiger charge is 2.42. The average Bonchev–Trinajstić information content (AvgIpc) is 3.26. The summed E-state index contributed by atoms with van der Waals surface area (Å²) >= 11 is 0. The van der Waals surface area contributed by atoms with E-state index in [1.54, 1.807) is 4.90 Å². The minimum absolute atomic E-state index is 0.166. The number of amides is 2. The van der Waals surface area contributed by atoms with Gasteiger partial charge in [0.2, 0.25) is 10.0 Å².